The molecule has 0 aromatic heterocycles. The standard InChI is InChI=1S/C17H9F6.C16H13.2ClH.Zr/c18-16(19,20)14-7-13(8-15(9-14)17(21,22)23)12-5-10-3-1-2-4-11(10)6-12;1-12-15-10-6-5-9-14(15)11-16(12)13-7-3-2-4-8-13;;;/h1-9H;2-11H,1H3;2*1H;/q2*-1;;;+4/p-2. The fraction of sp³-hybridized carbons (Fsp3) is 0.0909. The van der Waals surface area contributed by atoms with Crippen molar-refractivity contribution in [2.45, 2.75) is 19.3 Å². The van der Waals surface area contributed by atoms with Crippen LogP contribution in [-0.2, 0) is 33.2 Å². The summed E-state index contributed by atoms with van der Waals surface area (Å²) in [6, 6.07) is 33.2. The van der Waals surface area contributed by atoms with Gasteiger partial charge in [0.25, 0.3) is 0 Å². The van der Waals surface area contributed by atoms with Gasteiger partial charge in [-0.15, -0.1) is 68.6 Å². The van der Waals surface area contributed by atoms with Crippen LogP contribution in [-0.4, -0.2) is 0 Å². The van der Waals surface area contributed by atoms with Crippen molar-refractivity contribution in [1.29, 1.82) is 0 Å². The maximum absolute atomic E-state index is 12.9. The summed E-state index contributed by atoms with van der Waals surface area (Å²) in [4.78, 5) is 0. The Labute approximate surface area is 257 Å². The first-order chi connectivity index (χ1) is 19.9. The van der Waals surface area contributed by atoms with Crippen molar-refractivity contribution in [2.75, 3.05) is 0 Å². The van der Waals surface area contributed by atoms with Gasteiger partial charge in [0.1, 0.15) is 0 Å². The minimum atomic E-state index is -4.85. The van der Waals surface area contributed by atoms with Crippen LogP contribution in [0.5, 0.6) is 0 Å². The van der Waals surface area contributed by atoms with E-state index in [0.717, 1.165) is 22.9 Å². The Morgan fingerprint density at radius 1 is 0.619 bits per heavy atom. The number of hydrogen-bond donors (Lipinski definition) is 0. The Balaban J connectivity index is 0.000000185. The summed E-state index contributed by atoms with van der Waals surface area (Å²) in [5.41, 5.74) is 1.62. The number of hydrogen-bond acceptors (Lipinski definition) is 0. The molecule has 42 heavy (non-hydrogen) atoms. The second-order valence-electron chi connectivity index (χ2n) is 9.38. The number of fused-ring (bicyclic) bond motifs is 2. The zero-order chi connectivity index (χ0) is 30.5. The Morgan fingerprint density at radius 3 is 1.69 bits per heavy atom. The van der Waals surface area contributed by atoms with Gasteiger partial charge in [0.15, 0.2) is 0 Å². The summed E-state index contributed by atoms with van der Waals surface area (Å²) in [6.07, 6.45) is -9.69. The van der Waals surface area contributed by atoms with Gasteiger partial charge in [0, 0.05) is 11.1 Å². The van der Waals surface area contributed by atoms with Gasteiger partial charge in [-0.3, -0.25) is 0 Å². The van der Waals surface area contributed by atoms with E-state index >= 15 is 0 Å². The van der Waals surface area contributed by atoms with Crippen LogP contribution in [0.4, 0.5) is 26.3 Å². The molecule has 0 saturated heterocycles. The third kappa shape index (κ3) is 7.75. The molecular formula is C33H22Cl2F6Zr. The van der Waals surface area contributed by atoms with Crippen LogP contribution >= 0.6 is 17.0 Å². The van der Waals surface area contributed by atoms with Gasteiger partial charge >= 0.3 is 50.2 Å². The molecule has 0 nitrogen and oxygen atoms in total. The monoisotopic (exact) mass is 692 g/mol. The molecule has 6 rings (SSSR count). The number of aryl methyl sites for hydroxylation is 1. The molecule has 0 spiro atoms. The van der Waals surface area contributed by atoms with Gasteiger partial charge in [-0.2, -0.15) is 26.3 Å². The van der Waals surface area contributed by atoms with E-state index in [0.29, 0.717) is 5.56 Å². The van der Waals surface area contributed by atoms with Crippen molar-refractivity contribution in [3.05, 3.63) is 132 Å². The second-order valence-corrected chi connectivity index (χ2v) is 13.1. The molecule has 0 N–H and O–H groups in total. The zero-order valence-corrected chi connectivity index (χ0v) is 26.0. The van der Waals surface area contributed by atoms with E-state index in [9.17, 15) is 26.3 Å². The fourth-order valence-corrected chi connectivity index (χ4v) is 4.73. The molecule has 214 valence electrons. The van der Waals surface area contributed by atoms with Crippen molar-refractivity contribution in [3.8, 4) is 22.3 Å². The van der Waals surface area contributed by atoms with Crippen LogP contribution in [0.25, 0.3) is 43.8 Å². The molecule has 0 aliphatic heterocycles. The molecule has 6 aromatic rings. The molecule has 0 radical (unpaired) electrons. The zero-order valence-electron chi connectivity index (χ0n) is 22.0. The molecule has 0 saturated carbocycles. The molecule has 0 aliphatic rings. The summed E-state index contributed by atoms with van der Waals surface area (Å²) >= 11 is -0.826. The molecule has 9 heteroatoms. The summed E-state index contributed by atoms with van der Waals surface area (Å²) in [7, 11) is 9.87. The third-order valence-electron chi connectivity index (χ3n) is 6.69. The topological polar surface area (TPSA) is 0 Å². The van der Waals surface area contributed by atoms with Gasteiger partial charge in [0.05, 0.1) is 0 Å². The van der Waals surface area contributed by atoms with Crippen LogP contribution in [0.2, 0.25) is 0 Å². The van der Waals surface area contributed by atoms with Gasteiger partial charge in [-0.1, -0.05) is 96.9 Å². The van der Waals surface area contributed by atoms with E-state index < -0.39 is 44.3 Å². The van der Waals surface area contributed by atoms with Gasteiger partial charge < -0.3 is 0 Å². The molecule has 0 amide bonds. The van der Waals surface area contributed by atoms with Gasteiger partial charge in [-0.25, -0.2) is 0 Å². The Kier molecular flexibility index (Phi) is 10.4. The normalized spacial score (nSPS) is 11.4. The average molecular weight is 695 g/mol. The number of halogens is 8. The van der Waals surface area contributed by atoms with Crippen LogP contribution in [0.1, 0.15) is 16.7 Å². The summed E-state index contributed by atoms with van der Waals surface area (Å²) in [5, 5.41) is 4.21. The van der Waals surface area contributed by atoms with Crippen LogP contribution in [0.3, 0.4) is 0 Å². The van der Waals surface area contributed by atoms with E-state index in [-0.39, 0.29) is 11.6 Å². The van der Waals surface area contributed by atoms with Crippen molar-refractivity contribution in [3.63, 3.8) is 0 Å². The molecule has 0 bridgehead atoms. The summed E-state index contributed by atoms with van der Waals surface area (Å²) < 4.78 is 77.3. The Morgan fingerprint density at radius 2 is 1.14 bits per heavy atom. The first-order valence-corrected chi connectivity index (χ1v) is 18.9. The molecule has 0 heterocycles. The number of rotatable bonds is 2. The summed E-state index contributed by atoms with van der Waals surface area (Å²) in [5.74, 6) is 0. The molecular weight excluding hydrogens is 672 g/mol. The Bertz CT molecular complexity index is 1700. The molecule has 0 unspecified atom stereocenters. The number of alkyl halides is 6. The first-order valence-electron chi connectivity index (χ1n) is 12.5. The predicted octanol–water partition coefficient (Wildman–Crippen LogP) is 12.2. The fourth-order valence-electron chi connectivity index (χ4n) is 4.73. The quantitative estimate of drug-likeness (QED) is 0.125. The van der Waals surface area contributed by atoms with Crippen molar-refractivity contribution < 1.29 is 47.2 Å². The van der Waals surface area contributed by atoms with Crippen LogP contribution in [0, 0.1) is 6.92 Å². The second kappa shape index (κ2) is 13.6. The number of benzene rings is 4. The van der Waals surface area contributed by atoms with Crippen molar-refractivity contribution in [2.24, 2.45) is 0 Å². The van der Waals surface area contributed by atoms with E-state index in [1.165, 1.54) is 27.5 Å². The maximum atomic E-state index is 12.9. The predicted molar refractivity (Wildman–Crippen MR) is 156 cm³/mol. The minimum absolute atomic E-state index is 0.108. The molecule has 6 aromatic carbocycles. The molecule has 0 fully saturated rings. The van der Waals surface area contributed by atoms with Crippen molar-refractivity contribution >= 4 is 38.6 Å². The SMILES string of the molecule is C[c-]1c(-c2ccccc2)cc2ccccc21.FC(F)(F)c1cc(-c2cc3ccccc3[cH-]2)cc(C(F)(F)F)c1.[Cl][Zr+2][Cl]. The Hall–Kier alpha value is -2.86. The third-order valence-corrected chi connectivity index (χ3v) is 6.69. The van der Waals surface area contributed by atoms with Gasteiger partial charge in [0.2, 0.25) is 0 Å². The van der Waals surface area contributed by atoms with E-state index in [4.69, 9.17) is 17.0 Å². The van der Waals surface area contributed by atoms with Crippen molar-refractivity contribution in [1.82, 2.24) is 0 Å². The van der Waals surface area contributed by atoms with Crippen LogP contribution < -0.4 is 0 Å². The molecule has 0 atom stereocenters. The summed E-state index contributed by atoms with van der Waals surface area (Å²) in [6.45, 7) is 2.20. The molecule has 0 aliphatic carbocycles. The van der Waals surface area contributed by atoms with Crippen LogP contribution in [0.15, 0.2) is 115 Å². The van der Waals surface area contributed by atoms with Gasteiger partial charge in [-0.05, 0) is 6.07 Å². The first kappa shape index (κ1) is 32.1. The average Bonchev–Trinajstić information content (AvgIpc) is 3.55. The van der Waals surface area contributed by atoms with E-state index in [1.807, 2.05) is 0 Å². The van der Waals surface area contributed by atoms with E-state index in [2.05, 4.69) is 67.6 Å². The van der Waals surface area contributed by atoms with E-state index in [1.54, 1.807) is 36.4 Å².